The average Bonchev–Trinajstić information content (AvgIpc) is 3.09. The Morgan fingerprint density at radius 1 is 1.20 bits per heavy atom. The zero-order chi connectivity index (χ0) is 17.1. The fourth-order valence-electron chi connectivity index (χ4n) is 2.92. The summed E-state index contributed by atoms with van der Waals surface area (Å²) in [6.45, 7) is 1.53. The molecule has 126 valence electrons. The van der Waals surface area contributed by atoms with Crippen LogP contribution in [0.5, 0.6) is 5.75 Å². The number of benzene rings is 1. The molecule has 3 aromatic rings. The van der Waals surface area contributed by atoms with Crippen molar-refractivity contribution in [3.8, 4) is 5.75 Å². The third-order valence-electron chi connectivity index (χ3n) is 4.26. The first kappa shape index (κ1) is 15.3. The second-order valence-corrected chi connectivity index (χ2v) is 5.84. The number of fused-ring (bicyclic) bond motifs is 1. The maximum absolute atomic E-state index is 12.6. The number of carbonyl (C=O) groups is 1. The lowest BCUT2D eigenvalue weighted by molar-refractivity contribution is 0.0732. The summed E-state index contributed by atoms with van der Waals surface area (Å²) in [6.07, 6.45) is 3.77. The molecule has 7 heteroatoms. The third-order valence-corrected chi connectivity index (χ3v) is 4.26. The Balaban J connectivity index is 1.49. The number of hydrogen-bond donors (Lipinski definition) is 1. The molecule has 1 N–H and O–H groups in total. The fraction of sp³-hybridized carbons (Fsp3) is 0.222. The van der Waals surface area contributed by atoms with Gasteiger partial charge in [-0.3, -0.25) is 9.89 Å². The van der Waals surface area contributed by atoms with Gasteiger partial charge in [0.1, 0.15) is 18.1 Å². The van der Waals surface area contributed by atoms with Crippen molar-refractivity contribution in [3.05, 3.63) is 71.3 Å². The summed E-state index contributed by atoms with van der Waals surface area (Å²) >= 11 is 0. The number of aromatic nitrogens is 4. The van der Waals surface area contributed by atoms with E-state index in [0.717, 1.165) is 29.1 Å². The molecule has 3 heterocycles. The van der Waals surface area contributed by atoms with Gasteiger partial charge in [0.15, 0.2) is 0 Å². The molecule has 0 spiro atoms. The Bertz CT molecular complexity index is 864. The van der Waals surface area contributed by atoms with E-state index in [9.17, 15) is 4.79 Å². The summed E-state index contributed by atoms with van der Waals surface area (Å²) in [5, 5.41) is 14.9. The van der Waals surface area contributed by atoms with E-state index in [1.54, 1.807) is 11.0 Å². The topological polar surface area (TPSA) is 84.0 Å². The van der Waals surface area contributed by atoms with Gasteiger partial charge in [0, 0.05) is 30.8 Å². The van der Waals surface area contributed by atoms with Crippen molar-refractivity contribution in [2.45, 2.75) is 19.6 Å². The highest BCUT2D eigenvalue weighted by molar-refractivity contribution is 5.93. The van der Waals surface area contributed by atoms with Gasteiger partial charge >= 0.3 is 0 Å². The van der Waals surface area contributed by atoms with E-state index >= 15 is 0 Å². The highest BCUT2D eigenvalue weighted by Crippen LogP contribution is 2.23. The number of ether oxygens (including phenoxy) is 1. The number of para-hydroxylation sites is 1. The first-order valence-electron chi connectivity index (χ1n) is 8.10. The van der Waals surface area contributed by atoms with Crippen molar-refractivity contribution in [2.24, 2.45) is 0 Å². The van der Waals surface area contributed by atoms with Crippen molar-refractivity contribution in [1.82, 2.24) is 25.3 Å². The molecule has 1 amide bonds. The van der Waals surface area contributed by atoms with Gasteiger partial charge in [-0.1, -0.05) is 18.2 Å². The second-order valence-electron chi connectivity index (χ2n) is 5.84. The summed E-state index contributed by atoms with van der Waals surface area (Å²) in [6, 6.07) is 11.3. The number of nitrogens with one attached hydrogen (secondary N) is 1. The van der Waals surface area contributed by atoms with E-state index in [0.29, 0.717) is 25.3 Å². The van der Waals surface area contributed by atoms with Crippen LogP contribution in [0.1, 0.15) is 27.3 Å². The molecule has 25 heavy (non-hydrogen) atoms. The van der Waals surface area contributed by atoms with Crippen LogP contribution >= 0.6 is 0 Å². The first-order valence-corrected chi connectivity index (χ1v) is 8.10. The van der Waals surface area contributed by atoms with Crippen LogP contribution in [-0.4, -0.2) is 37.7 Å². The van der Waals surface area contributed by atoms with Gasteiger partial charge in [-0.15, -0.1) is 0 Å². The second kappa shape index (κ2) is 6.72. The number of amides is 1. The van der Waals surface area contributed by atoms with Crippen molar-refractivity contribution >= 4 is 5.91 Å². The number of aromatic amines is 1. The van der Waals surface area contributed by atoms with Crippen LogP contribution in [0, 0.1) is 0 Å². The molecule has 0 atom stereocenters. The zero-order valence-corrected chi connectivity index (χ0v) is 13.6. The highest BCUT2D eigenvalue weighted by Gasteiger charge is 2.26. The molecule has 0 unspecified atom stereocenters. The van der Waals surface area contributed by atoms with Gasteiger partial charge in [-0.05, 0) is 18.2 Å². The molecule has 0 radical (unpaired) electrons. The van der Waals surface area contributed by atoms with Gasteiger partial charge in [0.25, 0.3) is 5.91 Å². The fourth-order valence-corrected chi connectivity index (χ4v) is 2.92. The van der Waals surface area contributed by atoms with Crippen LogP contribution < -0.4 is 4.74 Å². The van der Waals surface area contributed by atoms with E-state index < -0.39 is 0 Å². The van der Waals surface area contributed by atoms with E-state index in [1.807, 2.05) is 30.3 Å². The van der Waals surface area contributed by atoms with Gasteiger partial charge in [0.05, 0.1) is 18.0 Å². The molecule has 2 aromatic heterocycles. The van der Waals surface area contributed by atoms with Crippen molar-refractivity contribution in [2.75, 3.05) is 6.54 Å². The maximum Gasteiger partial charge on any atom is 0.255 e. The molecular formula is C18H17N5O2. The summed E-state index contributed by atoms with van der Waals surface area (Å²) in [4.78, 5) is 14.4. The lowest BCUT2D eigenvalue weighted by Crippen LogP contribution is -2.36. The number of nitrogens with zero attached hydrogens (tertiary/aromatic N) is 4. The van der Waals surface area contributed by atoms with Crippen LogP contribution in [-0.2, 0) is 19.6 Å². The molecule has 0 aliphatic carbocycles. The Hall–Kier alpha value is -3.22. The van der Waals surface area contributed by atoms with Crippen LogP contribution in [0.15, 0.2) is 48.8 Å². The van der Waals surface area contributed by atoms with Gasteiger partial charge < -0.3 is 9.64 Å². The molecule has 0 saturated carbocycles. The Morgan fingerprint density at radius 2 is 2.08 bits per heavy atom. The quantitative estimate of drug-likeness (QED) is 0.788. The highest BCUT2D eigenvalue weighted by atomic mass is 16.5. The number of hydrogen-bond acceptors (Lipinski definition) is 5. The standard InChI is InChI=1S/C18H17N5O2/c24-18(13-6-8-19-20-10-13)23-9-7-16-15(11-23)17(22-21-16)12-25-14-4-2-1-3-5-14/h1-6,8,10H,7,9,11-12H2,(H,21,22). The summed E-state index contributed by atoms with van der Waals surface area (Å²) in [5.41, 5.74) is 3.49. The molecule has 0 fully saturated rings. The van der Waals surface area contributed by atoms with Gasteiger partial charge in [0.2, 0.25) is 0 Å². The summed E-state index contributed by atoms with van der Waals surface area (Å²) < 4.78 is 5.79. The van der Waals surface area contributed by atoms with Crippen molar-refractivity contribution in [3.63, 3.8) is 0 Å². The molecular weight excluding hydrogens is 318 g/mol. The van der Waals surface area contributed by atoms with E-state index in [2.05, 4.69) is 20.4 Å². The number of carbonyl (C=O) groups excluding carboxylic acids is 1. The molecule has 1 aliphatic rings. The molecule has 1 aromatic carbocycles. The minimum atomic E-state index is -0.0447. The summed E-state index contributed by atoms with van der Waals surface area (Å²) in [5.74, 6) is 0.752. The molecule has 7 nitrogen and oxygen atoms in total. The SMILES string of the molecule is O=C(c1ccnnc1)N1CCc2[nH]nc(COc3ccccc3)c2C1. The zero-order valence-electron chi connectivity index (χ0n) is 13.6. The lowest BCUT2D eigenvalue weighted by Gasteiger charge is -2.27. The largest absolute Gasteiger partial charge is 0.487 e. The van der Waals surface area contributed by atoms with Crippen LogP contribution in [0.3, 0.4) is 0 Å². The first-order chi connectivity index (χ1) is 12.3. The average molecular weight is 335 g/mol. The van der Waals surface area contributed by atoms with Crippen molar-refractivity contribution in [1.29, 1.82) is 0 Å². The minimum Gasteiger partial charge on any atom is -0.487 e. The van der Waals surface area contributed by atoms with Crippen LogP contribution in [0.4, 0.5) is 0 Å². The smallest absolute Gasteiger partial charge is 0.255 e. The molecule has 0 bridgehead atoms. The molecule has 4 rings (SSSR count). The number of rotatable bonds is 4. The Morgan fingerprint density at radius 3 is 2.88 bits per heavy atom. The normalized spacial score (nSPS) is 13.4. The summed E-state index contributed by atoms with van der Waals surface area (Å²) in [7, 11) is 0. The van der Waals surface area contributed by atoms with E-state index in [1.165, 1.54) is 12.4 Å². The van der Waals surface area contributed by atoms with E-state index in [4.69, 9.17) is 4.74 Å². The molecule has 1 aliphatic heterocycles. The number of H-pyrrole nitrogens is 1. The van der Waals surface area contributed by atoms with Crippen LogP contribution in [0.25, 0.3) is 0 Å². The predicted molar refractivity (Wildman–Crippen MR) is 89.8 cm³/mol. The lowest BCUT2D eigenvalue weighted by atomic mass is 10.0. The Kier molecular flexibility index (Phi) is 4.12. The predicted octanol–water partition coefficient (Wildman–Crippen LogP) is 1.98. The van der Waals surface area contributed by atoms with Gasteiger partial charge in [-0.25, -0.2) is 0 Å². The van der Waals surface area contributed by atoms with Crippen molar-refractivity contribution < 1.29 is 9.53 Å². The van der Waals surface area contributed by atoms with E-state index in [-0.39, 0.29) is 5.91 Å². The maximum atomic E-state index is 12.6. The van der Waals surface area contributed by atoms with Gasteiger partial charge in [-0.2, -0.15) is 15.3 Å². The minimum absolute atomic E-state index is 0.0447. The third kappa shape index (κ3) is 3.21. The van der Waals surface area contributed by atoms with Crippen LogP contribution in [0.2, 0.25) is 0 Å². The molecule has 0 saturated heterocycles. The monoisotopic (exact) mass is 335 g/mol. The Labute approximate surface area is 144 Å².